The molecule has 1 aromatic heterocycles. The van der Waals surface area contributed by atoms with Gasteiger partial charge in [-0.25, -0.2) is 4.79 Å². The highest BCUT2D eigenvalue weighted by molar-refractivity contribution is 5.85. The molecule has 1 aromatic rings. The molecule has 0 aliphatic heterocycles. The first-order valence-electron chi connectivity index (χ1n) is 6.60. The summed E-state index contributed by atoms with van der Waals surface area (Å²) in [5.41, 5.74) is 0.00828. The van der Waals surface area contributed by atoms with E-state index in [-0.39, 0.29) is 6.54 Å². The Morgan fingerprint density at radius 2 is 2.10 bits per heavy atom. The number of nitrogens with one attached hydrogen (secondary N) is 2. The van der Waals surface area contributed by atoms with Gasteiger partial charge in [0.1, 0.15) is 11.6 Å². The lowest BCUT2D eigenvalue weighted by Crippen LogP contribution is -2.50. The summed E-state index contributed by atoms with van der Waals surface area (Å²) in [6.07, 6.45) is 0.860. The van der Waals surface area contributed by atoms with E-state index in [9.17, 15) is 14.7 Å². The second kappa shape index (κ2) is 7.58. The van der Waals surface area contributed by atoms with E-state index in [1.807, 2.05) is 0 Å². The predicted octanol–water partition coefficient (Wildman–Crippen LogP) is 0.583. The lowest BCUT2D eigenvalue weighted by molar-refractivity contribution is -0.124. The van der Waals surface area contributed by atoms with E-state index in [0.29, 0.717) is 5.69 Å². The molecule has 21 heavy (non-hydrogen) atoms. The Morgan fingerprint density at radius 3 is 2.62 bits per heavy atom. The van der Waals surface area contributed by atoms with Crippen molar-refractivity contribution >= 4 is 12.0 Å². The van der Waals surface area contributed by atoms with E-state index < -0.39 is 30.3 Å². The Kier molecular flexibility index (Phi) is 6.10. The fraction of sp³-hybridized carbons (Fsp3) is 0.500. The van der Waals surface area contributed by atoms with Crippen LogP contribution in [0.25, 0.3) is 0 Å². The molecular weight excluding hydrogens is 274 g/mol. The Hall–Kier alpha value is -2.15. The van der Waals surface area contributed by atoms with Crippen LogP contribution in [0.15, 0.2) is 24.4 Å². The largest absolute Gasteiger partial charge is 0.444 e. The third kappa shape index (κ3) is 6.71. The van der Waals surface area contributed by atoms with E-state index in [1.54, 1.807) is 45.2 Å². The number of aliphatic hydroxyl groups is 1. The van der Waals surface area contributed by atoms with Crippen LogP contribution in [0.1, 0.15) is 26.5 Å². The van der Waals surface area contributed by atoms with Crippen LogP contribution < -0.4 is 10.6 Å². The molecule has 0 saturated carbocycles. The smallest absolute Gasteiger partial charge is 0.408 e. The van der Waals surface area contributed by atoms with Gasteiger partial charge in [-0.1, -0.05) is 6.07 Å². The average molecular weight is 295 g/mol. The van der Waals surface area contributed by atoms with Crippen LogP contribution in [-0.2, 0) is 16.1 Å². The molecule has 1 atom stereocenters. The quantitative estimate of drug-likeness (QED) is 0.738. The molecule has 0 radical (unpaired) electrons. The Bertz CT molecular complexity index is 471. The van der Waals surface area contributed by atoms with Gasteiger partial charge in [-0.2, -0.15) is 0 Å². The van der Waals surface area contributed by atoms with Crippen LogP contribution in [-0.4, -0.2) is 40.3 Å². The van der Waals surface area contributed by atoms with Crippen molar-refractivity contribution in [2.45, 2.75) is 39.0 Å². The van der Waals surface area contributed by atoms with E-state index in [4.69, 9.17) is 4.74 Å². The maximum Gasteiger partial charge on any atom is 0.408 e. The van der Waals surface area contributed by atoms with Crippen LogP contribution in [0.4, 0.5) is 4.79 Å². The first-order valence-corrected chi connectivity index (χ1v) is 6.60. The monoisotopic (exact) mass is 295 g/mol. The topological polar surface area (TPSA) is 101 Å². The minimum atomic E-state index is -1.07. The highest BCUT2D eigenvalue weighted by atomic mass is 16.6. The van der Waals surface area contributed by atoms with Crippen LogP contribution in [0.2, 0.25) is 0 Å². The lowest BCUT2D eigenvalue weighted by Gasteiger charge is -2.22. The number of carbonyl (C=O) groups is 2. The summed E-state index contributed by atoms with van der Waals surface area (Å²) in [7, 11) is 0. The fourth-order valence-electron chi connectivity index (χ4n) is 1.45. The summed E-state index contributed by atoms with van der Waals surface area (Å²) >= 11 is 0. The summed E-state index contributed by atoms with van der Waals surface area (Å²) in [5, 5.41) is 14.1. The van der Waals surface area contributed by atoms with Crippen LogP contribution >= 0.6 is 0 Å². The average Bonchev–Trinajstić information content (AvgIpc) is 2.41. The van der Waals surface area contributed by atoms with Crippen molar-refractivity contribution in [3.8, 4) is 0 Å². The number of rotatable bonds is 5. The standard InChI is InChI=1S/C14H21N3O4/c1-14(2,3)21-13(20)17-11(9-18)12(19)16-8-10-6-4-5-7-15-10/h4-7,11,18H,8-9H2,1-3H3,(H,16,19)(H,17,20)/t11-/m0/s1. The molecule has 0 spiro atoms. The number of pyridine rings is 1. The molecule has 0 aliphatic rings. The molecular formula is C14H21N3O4. The van der Waals surface area contributed by atoms with Crippen LogP contribution in [0.5, 0.6) is 0 Å². The van der Waals surface area contributed by atoms with E-state index in [0.717, 1.165) is 0 Å². The fourth-order valence-corrected chi connectivity index (χ4v) is 1.45. The number of amides is 2. The third-order valence-corrected chi connectivity index (χ3v) is 2.36. The van der Waals surface area contributed by atoms with Crippen molar-refractivity contribution in [3.05, 3.63) is 30.1 Å². The van der Waals surface area contributed by atoms with Crippen molar-refractivity contribution in [2.75, 3.05) is 6.61 Å². The molecule has 2 amide bonds. The zero-order valence-corrected chi connectivity index (χ0v) is 12.4. The van der Waals surface area contributed by atoms with Gasteiger partial charge >= 0.3 is 6.09 Å². The normalized spacial score (nSPS) is 12.4. The van der Waals surface area contributed by atoms with E-state index in [2.05, 4.69) is 15.6 Å². The maximum absolute atomic E-state index is 11.9. The van der Waals surface area contributed by atoms with Gasteiger partial charge in [-0.15, -0.1) is 0 Å². The van der Waals surface area contributed by atoms with Crippen molar-refractivity contribution in [1.82, 2.24) is 15.6 Å². The van der Waals surface area contributed by atoms with Gasteiger partial charge in [0.05, 0.1) is 18.8 Å². The van der Waals surface area contributed by atoms with E-state index in [1.165, 1.54) is 0 Å². The molecule has 7 heteroatoms. The van der Waals surface area contributed by atoms with Crippen molar-refractivity contribution in [2.24, 2.45) is 0 Å². The summed E-state index contributed by atoms with van der Waals surface area (Å²) < 4.78 is 5.03. The first-order chi connectivity index (χ1) is 9.81. The van der Waals surface area contributed by atoms with Gasteiger partial charge in [-0.05, 0) is 32.9 Å². The maximum atomic E-state index is 11.9. The van der Waals surface area contributed by atoms with Gasteiger partial charge in [0, 0.05) is 6.20 Å². The van der Waals surface area contributed by atoms with Gasteiger partial charge in [0.25, 0.3) is 0 Å². The van der Waals surface area contributed by atoms with Crippen molar-refractivity contribution < 1.29 is 19.4 Å². The lowest BCUT2D eigenvalue weighted by atomic mass is 10.2. The summed E-state index contributed by atoms with van der Waals surface area (Å²) in [6.45, 7) is 4.82. The second-order valence-corrected chi connectivity index (χ2v) is 5.42. The number of hydrogen-bond donors (Lipinski definition) is 3. The minimum Gasteiger partial charge on any atom is -0.444 e. The molecule has 3 N–H and O–H groups in total. The minimum absolute atomic E-state index is 0.214. The Labute approximate surface area is 123 Å². The number of alkyl carbamates (subject to hydrolysis) is 1. The molecule has 116 valence electrons. The number of carbonyl (C=O) groups excluding carboxylic acids is 2. The molecule has 1 heterocycles. The van der Waals surface area contributed by atoms with Gasteiger partial charge in [0.15, 0.2) is 0 Å². The van der Waals surface area contributed by atoms with Gasteiger partial charge < -0.3 is 20.5 Å². The van der Waals surface area contributed by atoms with Crippen LogP contribution in [0, 0.1) is 0 Å². The molecule has 7 nitrogen and oxygen atoms in total. The Morgan fingerprint density at radius 1 is 1.38 bits per heavy atom. The molecule has 0 fully saturated rings. The predicted molar refractivity (Wildman–Crippen MR) is 76.3 cm³/mol. The number of aliphatic hydroxyl groups excluding tert-OH is 1. The van der Waals surface area contributed by atoms with Crippen molar-refractivity contribution in [1.29, 1.82) is 0 Å². The van der Waals surface area contributed by atoms with Crippen LogP contribution in [0.3, 0.4) is 0 Å². The number of nitrogens with zero attached hydrogens (tertiary/aromatic N) is 1. The highest BCUT2D eigenvalue weighted by Crippen LogP contribution is 2.06. The third-order valence-electron chi connectivity index (χ3n) is 2.36. The molecule has 1 rings (SSSR count). The molecule has 0 aliphatic carbocycles. The SMILES string of the molecule is CC(C)(C)OC(=O)N[C@@H](CO)C(=O)NCc1ccccn1. The van der Waals surface area contributed by atoms with Crippen molar-refractivity contribution in [3.63, 3.8) is 0 Å². The van der Waals surface area contributed by atoms with Gasteiger partial charge in [-0.3, -0.25) is 9.78 Å². The van der Waals surface area contributed by atoms with E-state index >= 15 is 0 Å². The molecule has 0 bridgehead atoms. The molecule has 0 saturated heterocycles. The van der Waals surface area contributed by atoms with Gasteiger partial charge in [0.2, 0.25) is 5.91 Å². The number of aromatic nitrogens is 1. The molecule has 0 aromatic carbocycles. The summed E-state index contributed by atoms with van der Waals surface area (Å²) in [5.74, 6) is -0.506. The highest BCUT2D eigenvalue weighted by Gasteiger charge is 2.23. The second-order valence-electron chi connectivity index (χ2n) is 5.42. The summed E-state index contributed by atoms with van der Waals surface area (Å²) in [6, 6.07) is 4.27. The Balaban J connectivity index is 2.48. The number of hydrogen-bond acceptors (Lipinski definition) is 5. The number of ether oxygens (including phenoxy) is 1. The molecule has 0 unspecified atom stereocenters. The zero-order chi connectivity index (χ0) is 15.9. The summed E-state index contributed by atoms with van der Waals surface area (Å²) in [4.78, 5) is 27.5. The first kappa shape index (κ1) is 16.9. The zero-order valence-electron chi connectivity index (χ0n) is 12.4.